The molecule has 0 saturated heterocycles. The van der Waals surface area contributed by atoms with E-state index in [9.17, 15) is 4.79 Å². The lowest BCUT2D eigenvalue weighted by Crippen LogP contribution is -2.19. The first kappa shape index (κ1) is 13.2. The first-order valence-electron chi connectivity index (χ1n) is 4.58. The van der Waals surface area contributed by atoms with Crippen molar-refractivity contribution in [3.8, 4) is 0 Å². The maximum Gasteiger partial charge on any atom is 0.308 e. The summed E-state index contributed by atoms with van der Waals surface area (Å²) in [6.07, 6.45) is 2.81. The van der Waals surface area contributed by atoms with E-state index in [1.54, 1.807) is 0 Å². The number of aliphatic carboxylic acids is 1. The third-order valence-corrected chi connectivity index (χ3v) is 2.60. The molecule has 78 valence electrons. The molecule has 0 radical (unpaired) electrons. The number of hydrogen-bond donors (Lipinski definition) is 1. The van der Waals surface area contributed by atoms with Crippen molar-refractivity contribution in [2.24, 2.45) is 5.92 Å². The van der Waals surface area contributed by atoms with Gasteiger partial charge in [0.05, 0.1) is 12.5 Å². The van der Waals surface area contributed by atoms with Crippen LogP contribution in [0.3, 0.4) is 0 Å². The monoisotopic (exact) mass is 300 g/mol. The summed E-state index contributed by atoms with van der Waals surface area (Å²) in [5, 5.41) is 8.69. The molecule has 0 fully saturated rings. The number of carboxylic acid groups (broad SMARTS) is 1. The van der Waals surface area contributed by atoms with Crippen molar-refractivity contribution < 1.29 is 14.6 Å². The number of rotatable bonds is 8. The van der Waals surface area contributed by atoms with Gasteiger partial charge >= 0.3 is 5.97 Å². The van der Waals surface area contributed by atoms with Crippen LogP contribution in [0.25, 0.3) is 0 Å². The summed E-state index contributed by atoms with van der Waals surface area (Å²) in [7, 11) is 0. The van der Waals surface area contributed by atoms with Gasteiger partial charge in [0.15, 0.2) is 0 Å². The second kappa shape index (κ2) is 8.74. The summed E-state index contributed by atoms with van der Waals surface area (Å²) in [6.45, 7) is 2.91. The minimum Gasteiger partial charge on any atom is -0.481 e. The molecule has 0 saturated carbocycles. The standard InChI is InChI=1S/C9H17IO3/c1-2-8(9(11)12)7-13-6-4-3-5-10/h8H,2-7H2,1H3,(H,11,12). The van der Waals surface area contributed by atoms with E-state index in [-0.39, 0.29) is 5.92 Å². The van der Waals surface area contributed by atoms with Crippen molar-refractivity contribution in [2.45, 2.75) is 26.2 Å². The molecule has 0 aliphatic carbocycles. The zero-order chi connectivity index (χ0) is 10.1. The molecule has 1 N–H and O–H groups in total. The summed E-state index contributed by atoms with van der Waals surface area (Å²) in [5.41, 5.74) is 0. The number of carbonyl (C=O) groups is 1. The van der Waals surface area contributed by atoms with Gasteiger partial charge in [-0.15, -0.1) is 0 Å². The zero-order valence-electron chi connectivity index (χ0n) is 7.96. The first-order chi connectivity index (χ1) is 6.22. The van der Waals surface area contributed by atoms with Crippen LogP contribution in [0.15, 0.2) is 0 Å². The molecule has 1 unspecified atom stereocenters. The molecule has 13 heavy (non-hydrogen) atoms. The molecule has 0 amide bonds. The third-order valence-electron chi connectivity index (χ3n) is 1.83. The van der Waals surface area contributed by atoms with E-state index in [1.807, 2.05) is 6.92 Å². The molecule has 0 aliphatic rings. The molecule has 0 aromatic carbocycles. The van der Waals surface area contributed by atoms with Crippen LogP contribution in [0.4, 0.5) is 0 Å². The molecule has 3 nitrogen and oxygen atoms in total. The van der Waals surface area contributed by atoms with Crippen LogP contribution < -0.4 is 0 Å². The fourth-order valence-electron chi connectivity index (χ4n) is 0.888. The van der Waals surface area contributed by atoms with Gasteiger partial charge in [0.1, 0.15) is 0 Å². The molecule has 0 spiro atoms. The number of ether oxygens (including phenoxy) is 1. The number of unbranched alkanes of at least 4 members (excludes halogenated alkanes) is 1. The highest BCUT2D eigenvalue weighted by molar-refractivity contribution is 14.1. The van der Waals surface area contributed by atoms with Crippen molar-refractivity contribution in [3.05, 3.63) is 0 Å². The average Bonchev–Trinajstić information content (AvgIpc) is 2.10. The number of hydrogen-bond acceptors (Lipinski definition) is 2. The summed E-state index contributed by atoms with van der Waals surface area (Å²) in [6, 6.07) is 0. The van der Waals surface area contributed by atoms with Crippen LogP contribution in [0, 0.1) is 5.92 Å². The Morgan fingerprint density at radius 2 is 2.23 bits per heavy atom. The van der Waals surface area contributed by atoms with Gasteiger partial charge in [-0.2, -0.15) is 0 Å². The minimum atomic E-state index is -0.753. The third kappa shape index (κ3) is 7.25. The van der Waals surface area contributed by atoms with Crippen LogP contribution in [0.1, 0.15) is 26.2 Å². The van der Waals surface area contributed by atoms with E-state index in [0.29, 0.717) is 19.6 Å². The van der Waals surface area contributed by atoms with Gasteiger partial charge in [-0.25, -0.2) is 0 Å². The Balaban J connectivity index is 3.33. The fraction of sp³-hybridized carbons (Fsp3) is 0.889. The fourth-order valence-corrected chi connectivity index (χ4v) is 1.43. The minimum absolute atomic E-state index is 0.334. The van der Waals surface area contributed by atoms with Crippen LogP contribution in [0.2, 0.25) is 0 Å². The van der Waals surface area contributed by atoms with E-state index in [1.165, 1.54) is 0 Å². The molecule has 4 heteroatoms. The summed E-state index contributed by atoms with van der Waals surface area (Å²) in [5.74, 6) is -1.09. The van der Waals surface area contributed by atoms with E-state index in [2.05, 4.69) is 22.6 Å². The first-order valence-corrected chi connectivity index (χ1v) is 6.11. The lowest BCUT2D eigenvalue weighted by molar-refractivity contribution is -0.144. The Morgan fingerprint density at radius 3 is 2.69 bits per heavy atom. The normalized spacial score (nSPS) is 12.8. The average molecular weight is 300 g/mol. The second-order valence-corrected chi connectivity index (χ2v) is 3.99. The van der Waals surface area contributed by atoms with E-state index in [0.717, 1.165) is 17.3 Å². The summed E-state index contributed by atoms with van der Waals surface area (Å²) < 4.78 is 6.40. The van der Waals surface area contributed by atoms with Gasteiger partial charge in [0.25, 0.3) is 0 Å². The predicted molar refractivity (Wildman–Crippen MR) is 60.4 cm³/mol. The maximum atomic E-state index is 10.6. The maximum absolute atomic E-state index is 10.6. The summed E-state index contributed by atoms with van der Waals surface area (Å²) in [4.78, 5) is 10.6. The van der Waals surface area contributed by atoms with Crippen LogP contribution in [0.5, 0.6) is 0 Å². The molecule has 0 rings (SSSR count). The van der Waals surface area contributed by atoms with Crippen LogP contribution >= 0.6 is 22.6 Å². The molecule has 0 heterocycles. The Morgan fingerprint density at radius 1 is 1.54 bits per heavy atom. The quantitative estimate of drug-likeness (QED) is 0.425. The van der Waals surface area contributed by atoms with E-state index in [4.69, 9.17) is 9.84 Å². The SMILES string of the molecule is CCC(COCCCCI)C(=O)O. The molecule has 0 aromatic rings. The highest BCUT2D eigenvalue weighted by Gasteiger charge is 2.14. The predicted octanol–water partition coefficient (Wildman–Crippen LogP) is 2.33. The van der Waals surface area contributed by atoms with Crippen molar-refractivity contribution in [1.82, 2.24) is 0 Å². The van der Waals surface area contributed by atoms with Gasteiger partial charge < -0.3 is 9.84 Å². The molecular weight excluding hydrogens is 283 g/mol. The largest absolute Gasteiger partial charge is 0.481 e. The Bertz CT molecular complexity index is 139. The van der Waals surface area contributed by atoms with Crippen molar-refractivity contribution in [1.29, 1.82) is 0 Å². The smallest absolute Gasteiger partial charge is 0.308 e. The van der Waals surface area contributed by atoms with Crippen LogP contribution in [-0.2, 0) is 9.53 Å². The Kier molecular flexibility index (Phi) is 8.85. The number of alkyl halides is 1. The van der Waals surface area contributed by atoms with Crippen molar-refractivity contribution >= 4 is 28.6 Å². The second-order valence-electron chi connectivity index (χ2n) is 2.91. The Labute approximate surface area is 93.0 Å². The number of halogens is 1. The van der Waals surface area contributed by atoms with Gasteiger partial charge in [-0.05, 0) is 23.7 Å². The van der Waals surface area contributed by atoms with E-state index >= 15 is 0 Å². The highest BCUT2D eigenvalue weighted by Crippen LogP contribution is 2.04. The molecule has 0 aliphatic heterocycles. The van der Waals surface area contributed by atoms with Gasteiger partial charge in [-0.1, -0.05) is 29.5 Å². The van der Waals surface area contributed by atoms with Gasteiger partial charge in [0, 0.05) is 6.61 Å². The lowest BCUT2D eigenvalue weighted by Gasteiger charge is -2.09. The van der Waals surface area contributed by atoms with Gasteiger partial charge in [-0.3, -0.25) is 4.79 Å². The summed E-state index contributed by atoms with van der Waals surface area (Å²) >= 11 is 2.32. The Hall–Kier alpha value is 0.160. The molecule has 1 atom stereocenters. The van der Waals surface area contributed by atoms with Crippen molar-refractivity contribution in [3.63, 3.8) is 0 Å². The number of carboxylic acids is 1. The van der Waals surface area contributed by atoms with E-state index < -0.39 is 5.97 Å². The highest BCUT2D eigenvalue weighted by atomic mass is 127. The zero-order valence-corrected chi connectivity index (χ0v) is 10.1. The van der Waals surface area contributed by atoms with Crippen LogP contribution in [-0.4, -0.2) is 28.7 Å². The molecule has 0 bridgehead atoms. The molecular formula is C9H17IO3. The lowest BCUT2D eigenvalue weighted by atomic mass is 10.1. The van der Waals surface area contributed by atoms with Crippen molar-refractivity contribution in [2.75, 3.05) is 17.6 Å². The topological polar surface area (TPSA) is 46.5 Å². The van der Waals surface area contributed by atoms with Gasteiger partial charge in [0.2, 0.25) is 0 Å². The molecule has 0 aromatic heterocycles.